The standard InChI is InChI=1S/C11H8FNOS/c12-11-9(3-6-15-11)7-10(14)8-1-4-13-5-2-8/h1-6H,7H2. The number of thiophene rings is 1. The third kappa shape index (κ3) is 2.27. The number of hydrogen-bond donors (Lipinski definition) is 0. The molecule has 0 N–H and O–H groups in total. The van der Waals surface area contributed by atoms with Gasteiger partial charge in [-0.3, -0.25) is 9.78 Å². The number of Topliss-reactive ketones (excluding diaryl/α,β-unsaturated/α-hetero) is 1. The summed E-state index contributed by atoms with van der Waals surface area (Å²) in [4.78, 5) is 15.5. The van der Waals surface area contributed by atoms with E-state index in [1.807, 2.05) is 0 Å². The van der Waals surface area contributed by atoms with Gasteiger partial charge in [-0.2, -0.15) is 4.39 Å². The van der Waals surface area contributed by atoms with Crippen molar-refractivity contribution in [2.24, 2.45) is 0 Å². The van der Waals surface area contributed by atoms with Gasteiger partial charge in [0.1, 0.15) is 0 Å². The van der Waals surface area contributed by atoms with Crippen LogP contribution in [0.2, 0.25) is 0 Å². The molecule has 2 aromatic rings. The van der Waals surface area contributed by atoms with E-state index >= 15 is 0 Å². The molecule has 0 atom stereocenters. The molecule has 0 aliphatic carbocycles. The molecule has 2 heterocycles. The fraction of sp³-hybridized carbons (Fsp3) is 0.0909. The Bertz CT molecular complexity index is 466. The van der Waals surface area contributed by atoms with E-state index in [9.17, 15) is 9.18 Å². The van der Waals surface area contributed by atoms with E-state index in [4.69, 9.17) is 0 Å². The SMILES string of the molecule is O=C(Cc1ccsc1F)c1ccncc1. The lowest BCUT2D eigenvalue weighted by Crippen LogP contribution is -2.03. The lowest BCUT2D eigenvalue weighted by Gasteiger charge is -1.98. The van der Waals surface area contributed by atoms with Crippen molar-refractivity contribution in [1.82, 2.24) is 4.98 Å². The molecule has 0 saturated heterocycles. The Kier molecular flexibility index (Phi) is 2.87. The Morgan fingerprint density at radius 2 is 2.07 bits per heavy atom. The molecule has 0 saturated carbocycles. The predicted molar refractivity (Wildman–Crippen MR) is 56.5 cm³/mol. The van der Waals surface area contributed by atoms with E-state index in [2.05, 4.69) is 4.98 Å². The summed E-state index contributed by atoms with van der Waals surface area (Å²) < 4.78 is 13.1. The molecule has 2 aromatic heterocycles. The average molecular weight is 221 g/mol. The molecule has 0 aromatic carbocycles. The van der Waals surface area contributed by atoms with Crippen molar-refractivity contribution >= 4 is 17.1 Å². The molecule has 0 fully saturated rings. The van der Waals surface area contributed by atoms with Crippen molar-refractivity contribution in [1.29, 1.82) is 0 Å². The van der Waals surface area contributed by atoms with E-state index in [-0.39, 0.29) is 17.3 Å². The van der Waals surface area contributed by atoms with Gasteiger partial charge in [-0.15, -0.1) is 11.3 Å². The maximum Gasteiger partial charge on any atom is 0.180 e. The highest BCUT2D eigenvalue weighted by atomic mass is 32.1. The second-order valence-electron chi connectivity index (χ2n) is 3.06. The first-order valence-electron chi connectivity index (χ1n) is 4.42. The molecule has 2 rings (SSSR count). The zero-order valence-corrected chi connectivity index (χ0v) is 8.63. The predicted octanol–water partition coefficient (Wildman–Crippen LogP) is 2.71. The number of nitrogens with zero attached hydrogens (tertiary/aromatic N) is 1. The molecule has 0 aliphatic rings. The minimum atomic E-state index is -0.280. The number of aromatic nitrogens is 1. The van der Waals surface area contributed by atoms with Gasteiger partial charge in [0, 0.05) is 29.9 Å². The van der Waals surface area contributed by atoms with E-state index in [0.29, 0.717) is 11.1 Å². The molecule has 2 nitrogen and oxygen atoms in total. The highest BCUT2D eigenvalue weighted by Crippen LogP contribution is 2.16. The third-order valence-corrected chi connectivity index (χ3v) is 2.79. The van der Waals surface area contributed by atoms with Crippen molar-refractivity contribution in [3.05, 3.63) is 52.2 Å². The summed E-state index contributed by atoms with van der Waals surface area (Å²) in [5, 5.41) is 1.36. The summed E-state index contributed by atoms with van der Waals surface area (Å²) in [7, 11) is 0. The van der Waals surface area contributed by atoms with Gasteiger partial charge in [0.15, 0.2) is 10.9 Å². The quantitative estimate of drug-likeness (QED) is 0.746. The topological polar surface area (TPSA) is 30.0 Å². The minimum Gasteiger partial charge on any atom is -0.294 e. The molecular formula is C11H8FNOS. The molecule has 0 aliphatic heterocycles. The van der Waals surface area contributed by atoms with Crippen LogP contribution in [0.3, 0.4) is 0 Å². The maximum absolute atomic E-state index is 13.1. The van der Waals surface area contributed by atoms with Crippen LogP contribution in [0.4, 0.5) is 4.39 Å². The number of hydrogen-bond acceptors (Lipinski definition) is 3. The van der Waals surface area contributed by atoms with Crippen molar-refractivity contribution in [2.45, 2.75) is 6.42 Å². The third-order valence-electron chi connectivity index (χ3n) is 2.05. The van der Waals surface area contributed by atoms with Crippen molar-refractivity contribution in [2.75, 3.05) is 0 Å². The van der Waals surface area contributed by atoms with Gasteiger partial charge in [-0.1, -0.05) is 0 Å². The first-order chi connectivity index (χ1) is 7.27. The fourth-order valence-electron chi connectivity index (χ4n) is 1.26. The summed E-state index contributed by atoms with van der Waals surface area (Å²) in [6.45, 7) is 0. The summed E-state index contributed by atoms with van der Waals surface area (Å²) in [6, 6.07) is 4.90. The molecule has 0 bridgehead atoms. The van der Waals surface area contributed by atoms with Gasteiger partial charge in [0.2, 0.25) is 0 Å². The second-order valence-corrected chi connectivity index (χ2v) is 3.92. The van der Waals surface area contributed by atoms with Crippen molar-refractivity contribution in [3.63, 3.8) is 0 Å². The Hall–Kier alpha value is -1.55. The number of halogens is 1. The monoisotopic (exact) mass is 221 g/mol. The van der Waals surface area contributed by atoms with Crippen LogP contribution in [0.5, 0.6) is 0 Å². The molecule has 0 spiro atoms. The summed E-state index contributed by atoms with van der Waals surface area (Å²) >= 11 is 1.01. The highest BCUT2D eigenvalue weighted by molar-refractivity contribution is 7.08. The minimum absolute atomic E-state index is 0.0882. The zero-order valence-electron chi connectivity index (χ0n) is 7.81. The van der Waals surface area contributed by atoms with E-state index in [0.717, 1.165) is 11.3 Å². The summed E-state index contributed by atoms with van der Waals surface area (Å²) in [5.74, 6) is -0.0882. The molecule has 76 valence electrons. The molecule has 4 heteroatoms. The molecule has 0 amide bonds. The fourth-order valence-corrected chi connectivity index (χ4v) is 1.90. The zero-order chi connectivity index (χ0) is 10.7. The highest BCUT2D eigenvalue weighted by Gasteiger charge is 2.10. The maximum atomic E-state index is 13.1. The Balaban J connectivity index is 2.15. The van der Waals surface area contributed by atoms with E-state index in [1.54, 1.807) is 36.0 Å². The average Bonchev–Trinajstić information content (AvgIpc) is 2.66. The molecular weight excluding hydrogens is 213 g/mol. The van der Waals surface area contributed by atoms with Crippen LogP contribution in [0, 0.1) is 5.13 Å². The van der Waals surface area contributed by atoms with Crippen molar-refractivity contribution < 1.29 is 9.18 Å². The first kappa shape index (κ1) is 9.98. The second kappa shape index (κ2) is 4.31. The van der Waals surface area contributed by atoms with Gasteiger partial charge < -0.3 is 0 Å². The largest absolute Gasteiger partial charge is 0.294 e. The summed E-state index contributed by atoms with van der Waals surface area (Å²) in [6.07, 6.45) is 3.22. The van der Waals surface area contributed by atoms with Crippen LogP contribution in [-0.4, -0.2) is 10.8 Å². The van der Waals surface area contributed by atoms with E-state index in [1.165, 1.54) is 0 Å². The molecule has 15 heavy (non-hydrogen) atoms. The van der Waals surface area contributed by atoms with Gasteiger partial charge >= 0.3 is 0 Å². The molecule has 0 radical (unpaired) electrons. The van der Waals surface area contributed by atoms with Gasteiger partial charge in [0.05, 0.1) is 0 Å². The number of carbonyl (C=O) groups is 1. The van der Waals surface area contributed by atoms with Gasteiger partial charge in [0.25, 0.3) is 0 Å². The van der Waals surface area contributed by atoms with Gasteiger partial charge in [-0.05, 0) is 23.6 Å². The van der Waals surface area contributed by atoms with Gasteiger partial charge in [-0.25, -0.2) is 0 Å². The van der Waals surface area contributed by atoms with Crippen LogP contribution in [-0.2, 0) is 6.42 Å². The number of rotatable bonds is 3. The van der Waals surface area contributed by atoms with Crippen LogP contribution in [0.1, 0.15) is 15.9 Å². The van der Waals surface area contributed by atoms with E-state index < -0.39 is 0 Å². The summed E-state index contributed by atoms with van der Waals surface area (Å²) in [5.41, 5.74) is 1.03. The van der Waals surface area contributed by atoms with Crippen LogP contribution in [0.15, 0.2) is 36.0 Å². The van der Waals surface area contributed by atoms with Crippen molar-refractivity contribution in [3.8, 4) is 0 Å². The lowest BCUT2D eigenvalue weighted by molar-refractivity contribution is 0.0992. The molecule has 0 unspecified atom stereocenters. The van der Waals surface area contributed by atoms with Crippen LogP contribution in [0.25, 0.3) is 0 Å². The number of carbonyl (C=O) groups excluding carboxylic acids is 1. The smallest absolute Gasteiger partial charge is 0.180 e. The normalized spacial score (nSPS) is 10.2. The van der Waals surface area contributed by atoms with Crippen LogP contribution >= 0.6 is 11.3 Å². The Morgan fingerprint density at radius 1 is 1.33 bits per heavy atom. The first-order valence-corrected chi connectivity index (χ1v) is 5.30. The Labute approximate surface area is 90.4 Å². The number of pyridine rings is 1. The number of ketones is 1. The lowest BCUT2D eigenvalue weighted by atomic mass is 10.1. The Morgan fingerprint density at radius 3 is 2.67 bits per heavy atom. The van der Waals surface area contributed by atoms with Crippen LogP contribution < -0.4 is 0 Å².